The Morgan fingerprint density at radius 3 is 2.54 bits per heavy atom. The van der Waals surface area contributed by atoms with Gasteiger partial charge in [-0.15, -0.1) is 0 Å². The summed E-state index contributed by atoms with van der Waals surface area (Å²) < 4.78 is 0. The summed E-state index contributed by atoms with van der Waals surface area (Å²) in [4.78, 5) is 0. The minimum absolute atomic E-state index is 0.263. The SMILES string of the molecule is C=C(N)c1ccc(C(C)S)cc1C. The zero-order valence-electron chi connectivity index (χ0n) is 8.04. The molecular weight excluding hydrogens is 178 g/mol. The van der Waals surface area contributed by atoms with Gasteiger partial charge in [0, 0.05) is 10.9 Å². The van der Waals surface area contributed by atoms with E-state index in [1.54, 1.807) is 0 Å². The van der Waals surface area contributed by atoms with Gasteiger partial charge in [0.1, 0.15) is 0 Å². The minimum atomic E-state index is 0.263. The van der Waals surface area contributed by atoms with Gasteiger partial charge in [-0.05, 0) is 30.5 Å². The first kappa shape index (κ1) is 10.2. The standard InChI is InChI=1S/C11H15NS/c1-7-6-10(9(3)13)4-5-11(7)8(2)12/h4-6,9,13H,2,12H2,1,3H3. The molecule has 1 unspecified atom stereocenters. The predicted octanol–water partition coefficient (Wildman–Crippen LogP) is 2.92. The molecule has 0 aromatic heterocycles. The number of aryl methyl sites for hydroxylation is 1. The Hall–Kier alpha value is -0.890. The lowest BCUT2D eigenvalue weighted by Gasteiger charge is -2.09. The fourth-order valence-corrected chi connectivity index (χ4v) is 1.47. The fourth-order valence-electron chi connectivity index (χ4n) is 1.31. The third-order valence-electron chi connectivity index (χ3n) is 2.08. The van der Waals surface area contributed by atoms with Crippen molar-refractivity contribution >= 4 is 18.3 Å². The van der Waals surface area contributed by atoms with Gasteiger partial charge in [-0.1, -0.05) is 24.8 Å². The minimum Gasteiger partial charge on any atom is -0.399 e. The van der Waals surface area contributed by atoms with Crippen LogP contribution in [0, 0.1) is 6.92 Å². The second-order valence-corrected chi connectivity index (χ2v) is 4.05. The molecule has 1 rings (SSSR count). The van der Waals surface area contributed by atoms with Crippen LogP contribution in [-0.4, -0.2) is 0 Å². The van der Waals surface area contributed by atoms with Gasteiger partial charge in [-0.2, -0.15) is 12.6 Å². The van der Waals surface area contributed by atoms with Crippen LogP contribution in [0.3, 0.4) is 0 Å². The highest BCUT2D eigenvalue weighted by Gasteiger charge is 2.03. The van der Waals surface area contributed by atoms with E-state index in [1.165, 1.54) is 5.56 Å². The molecule has 0 amide bonds. The molecule has 0 bridgehead atoms. The van der Waals surface area contributed by atoms with Crippen LogP contribution in [0.4, 0.5) is 0 Å². The van der Waals surface area contributed by atoms with Crippen molar-refractivity contribution in [2.45, 2.75) is 19.1 Å². The number of hydrogen-bond acceptors (Lipinski definition) is 2. The Kier molecular flexibility index (Phi) is 3.04. The molecule has 0 saturated heterocycles. The lowest BCUT2D eigenvalue weighted by atomic mass is 10.0. The largest absolute Gasteiger partial charge is 0.399 e. The van der Waals surface area contributed by atoms with E-state index >= 15 is 0 Å². The molecule has 2 N–H and O–H groups in total. The molecule has 0 radical (unpaired) electrons. The molecule has 2 heteroatoms. The van der Waals surface area contributed by atoms with Gasteiger partial charge in [0.2, 0.25) is 0 Å². The zero-order valence-corrected chi connectivity index (χ0v) is 8.94. The molecule has 0 fully saturated rings. The van der Waals surface area contributed by atoms with Crippen LogP contribution in [-0.2, 0) is 0 Å². The summed E-state index contributed by atoms with van der Waals surface area (Å²) >= 11 is 4.37. The summed E-state index contributed by atoms with van der Waals surface area (Å²) in [6, 6.07) is 6.14. The Balaban J connectivity index is 3.13. The van der Waals surface area contributed by atoms with E-state index < -0.39 is 0 Å². The molecule has 0 spiro atoms. The summed E-state index contributed by atoms with van der Waals surface area (Å²) in [5, 5.41) is 0.263. The fraction of sp³-hybridized carbons (Fsp3) is 0.273. The van der Waals surface area contributed by atoms with Crippen molar-refractivity contribution in [2.24, 2.45) is 5.73 Å². The second-order valence-electron chi connectivity index (χ2n) is 3.28. The van der Waals surface area contributed by atoms with Crippen molar-refractivity contribution in [1.29, 1.82) is 0 Å². The number of benzene rings is 1. The number of hydrogen-bond donors (Lipinski definition) is 2. The normalized spacial score (nSPS) is 12.5. The van der Waals surface area contributed by atoms with Gasteiger partial charge in [0.05, 0.1) is 0 Å². The van der Waals surface area contributed by atoms with Gasteiger partial charge in [0.25, 0.3) is 0 Å². The van der Waals surface area contributed by atoms with Crippen LogP contribution in [0.1, 0.15) is 28.9 Å². The first-order valence-corrected chi connectivity index (χ1v) is 4.77. The van der Waals surface area contributed by atoms with Crippen LogP contribution in [0.2, 0.25) is 0 Å². The summed E-state index contributed by atoms with van der Waals surface area (Å²) in [6.45, 7) is 7.80. The molecule has 1 atom stereocenters. The molecule has 1 nitrogen and oxygen atoms in total. The highest BCUT2D eigenvalue weighted by atomic mass is 32.1. The first-order chi connectivity index (χ1) is 6.02. The topological polar surface area (TPSA) is 26.0 Å². The van der Waals surface area contributed by atoms with Gasteiger partial charge < -0.3 is 5.73 Å². The monoisotopic (exact) mass is 193 g/mol. The summed E-state index contributed by atoms with van der Waals surface area (Å²) in [6.07, 6.45) is 0. The Labute approximate surface area is 85.1 Å². The molecule has 0 aliphatic carbocycles. The molecule has 13 heavy (non-hydrogen) atoms. The summed E-state index contributed by atoms with van der Waals surface area (Å²) in [5.74, 6) is 0. The van der Waals surface area contributed by atoms with Gasteiger partial charge in [-0.3, -0.25) is 0 Å². The molecule has 0 aliphatic heterocycles. The van der Waals surface area contributed by atoms with Crippen molar-refractivity contribution in [2.75, 3.05) is 0 Å². The van der Waals surface area contributed by atoms with E-state index in [-0.39, 0.29) is 5.25 Å². The van der Waals surface area contributed by atoms with E-state index in [0.717, 1.165) is 11.1 Å². The van der Waals surface area contributed by atoms with E-state index in [4.69, 9.17) is 5.73 Å². The van der Waals surface area contributed by atoms with Crippen molar-refractivity contribution in [1.82, 2.24) is 0 Å². The highest BCUT2D eigenvalue weighted by molar-refractivity contribution is 7.80. The average molecular weight is 193 g/mol. The lowest BCUT2D eigenvalue weighted by molar-refractivity contribution is 1.10. The predicted molar refractivity (Wildman–Crippen MR) is 61.8 cm³/mol. The van der Waals surface area contributed by atoms with E-state index in [1.807, 2.05) is 19.1 Å². The van der Waals surface area contributed by atoms with E-state index in [9.17, 15) is 0 Å². The Bertz CT molecular complexity index is 329. The van der Waals surface area contributed by atoms with Crippen molar-refractivity contribution in [3.8, 4) is 0 Å². The van der Waals surface area contributed by atoms with Crippen molar-refractivity contribution in [3.05, 3.63) is 41.5 Å². The maximum absolute atomic E-state index is 5.63. The van der Waals surface area contributed by atoms with Gasteiger partial charge in [-0.25, -0.2) is 0 Å². The van der Waals surface area contributed by atoms with Crippen LogP contribution in [0.25, 0.3) is 5.70 Å². The molecular formula is C11H15NS. The van der Waals surface area contributed by atoms with Crippen molar-refractivity contribution in [3.63, 3.8) is 0 Å². The third-order valence-corrected chi connectivity index (χ3v) is 2.38. The summed E-state index contributed by atoms with van der Waals surface area (Å²) in [7, 11) is 0. The maximum atomic E-state index is 5.63. The van der Waals surface area contributed by atoms with Crippen LogP contribution >= 0.6 is 12.6 Å². The molecule has 1 aromatic carbocycles. The Morgan fingerprint density at radius 2 is 2.15 bits per heavy atom. The van der Waals surface area contributed by atoms with Crippen molar-refractivity contribution < 1.29 is 0 Å². The van der Waals surface area contributed by atoms with E-state index in [2.05, 4.69) is 32.2 Å². The molecule has 70 valence electrons. The average Bonchev–Trinajstić information content (AvgIpc) is 2.03. The summed E-state index contributed by atoms with van der Waals surface area (Å²) in [5.41, 5.74) is 9.65. The molecule has 1 aromatic rings. The number of rotatable bonds is 2. The number of nitrogens with two attached hydrogens (primary N) is 1. The second kappa shape index (κ2) is 3.88. The molecule has 0 aliphatic rings. The maximum Gasteiger partial charge on any atom is 0.0317 e. The van der Waals surface area contributed by atoms with Gasteiger partial charge in [0.15, 0.2) is 0 Å². The smallest absolute Gasteiger partial charge is 0.0317 e. The number of thiol groups is 1. The Morgan fingerprint density at radius 1 is 1.54 bits per heavy atom. The van der Waals surface area contributed by atoms with Crippen LogP contribution in [0.5, 0.6) is 0 Å². The highest BCUT2D eigenvalue weighted by Crippen LogP contribution is 2.23. The quantitative estimate of drug-likeness (QED) is 0.694. The molecule has 0 saturated carbocycles. The molecule has 0 heterocycles. The first-order valence-electron chi connectivity index (χ1n) is 4.25. The zero-order chi connectivity index (χ0) is 10.0. The van der Waals surface area contributed by atoms with Crippen LogP contribution < -0.4 is 5.73 Å². The van der Waals surface area contributed by atoms with Gasteiger partial charge >= 0.3 is 0 Å². The van der Waals surface area contributed by atoms with E-state index in [0.29, 0.717) is 5.70 Å². The van der Waals surface area contributed by atoms with Crippen LogP contribution in [0.15, 0.2) is 24.8 Å². The third kappa shape index (κ3) is 2.28. The lowest BCUT2D eigenvalue weighted by Crippen LogP contribution is -1.98.